The standard InChI is InChI=1S/C9H7.C5H5.C2H6Si.2FH.Zr/c1-2-5-9-7-3-6-8(9)4-1;1-2-4-5-3-1;1-3-2;;;/h1-7H;1-3H,4H2;1-2H3;2*1H;/q2*-1;;;;+4/p-2. The summed E-state index contributed by atoms with van der Waals surface area (Å²) in [6.45, 7) is 4.31. The maximum atomic E-state index is 2.99. The van der Waals surface area contributed by atoms with E-state index >= 15 is 0 Å². The van der Waals surface area contributed by atoms with Gasteiger partial charge in [0.25, 0.3) is 0 Å². The zero-order chi connectivity index (χ0) is 12.3. The van der Waals surface area contributed by atoms with Crippen LogP contribution in [0, 0.1) is 6.08 Å². The number of hydrogen-bond donors (Lipinski definition) is 0. The van der Waals surface area contributed by atoms with Gasteiger partial charge in [-0.3, -0.25) is 6.08 Å². The van der Waals surface area contributed by atoms with Crippen LogP contribution in [0.5, 0.6) is 0 Å². The molecule has 0 spiro atoms. The van der Waals surface area contributed by atoms with Crippen LogP contribution in [0.4, 0.5) is 0 Å². The summed E-state index contributed by atoms with van der Waals surface area (Å²) in [5, 5.41) is 2.66. The Bertz CT molecular complexity index is 438. The Morgan fingerprint density at radius 1 is 1.10 bits per heavy atom. The largest absolute Gasteiger partial charge is 4.00 e. The molecule has 104 valence electrons. The van der Waals surface area contributed by atoms with E-state index in [1.165, 1.54) is 10.8 Å². The first-order valence-corrected chi connectivity index (χ1v) is 7.79. The molecule has 0 heterocycles. The van der Waals surface area contributed by atoms with Crippen LogP contribution in [-0.4, -0.2) is 9.52 Å². The van der Waals surface area contributed by atoms with E-state index in [0.29, 0.717) is 0 Å². The molecule has 0 saturated carbocycles. The van der Waals surface area contributed by atoms with Crippen molar-refractivity contribution in [1.29, 1.82) is 0 Å². The van der Waals surface area contributed by atoms with E-state index < -0.39 is 0 Å². The van der Waals surface area contributed by atoms with Crippen molar-refractivity contribution in [3.05, 3.63) is 66.8 Å². The Labute approximate surface area is 142 Å². The van der Waals surface area contributed by atoms with Crippen LogP contribution >= 0.6 is 0 Å². The van der Waals surface area contributed by atoms with Gasteiger partial charge in [-0.05, 0) is 0 Å². The van der Waals surface area contributed by atoms with Gasteiger partial charge in [-0.1, -0.05) is 19.2 Å². The monoisotopic (exact) mass is 366 g/mol. The summed E-state index contributed by atoms with van der Waals surface area (Å²) in [4.78, 5) is 0. The summed E-state index contributed by atoms with van der Waals surface area (Å²) in [5.41, 5.74) is 0. The van der Waals surface area contributed by atoms with Gasteiger partial charge in [0.1, 0.15) is 0 Å². The summed E-state index contributed by atoms with van der Waals surface area (Å²) in [7, 11) is 1.08. The molecule has 0 unspecified atom stereocenters. The van der Waals surface area contributed by atoms with Crippen molar-refractivity contribution in [3.8, 4) is 0 Å². The third-order valence-corrected chi connectivity index (χ3v) is 2.13. The second kappa shape index (κ2) is 16.3. The second-order valence-corrected chi connectivity index (χ2v) is 4.66. The van der Waals surface area contributed by atoms with E-state index in [-0.39, 0.29) is 35.6 Å². The summed E-state index contributed by atoms with van der Waals surface area (Å²) in [6.07, 6.45) is 10.0. The van der Waals surface area contributed by atoms with Crippen molar-refractivity contribution in [1.82, 2.24) is 0 Å². The molecule has 4 heteroatoms. The van der Waals surface area contributed by atoms with Crippen LogP contribution in [0.25, 0.3) is 10.8 Å². The van der Waals surface area contributed by atoms with Gasteiger partial charge >= 0.3 is 26.2 Å². The number of benzene rings is 1. The van der Waals surface area contributed by atoms with Crippen LogP contribution < -0.4 is 9.41 Å². The molecule has 0 amide bonds. The second-order valence-electron chi connectivity index (χ2n) is 3.66. The fraction of sp³-hybridized carbons (Fsp3) is 0.188. The topological polar surface area (TPSA) is 0 Å². The molecule has 0 N–H and O–H groups in total. The van der Waals surface area contributed by atoms with Crippen molar-refractivity contribution in [3.63, 3.8) is 0 Å². The Hall–Kier alpha value is -0.730. The molecule has 0 aliphatic heterocycles. The molecule has 1 aliphatic rings. The van der Waals surface area contributed by atoms with Gasteiger partial charge < -0.3 is 9.41 Å². The first-order chi connectivity index (χ1) is 8.38. The van der Waals surface area contributed by atoms with Gasteiger partial charge in [0, 0.05) is 9.52 Å². The Morgan fingerprint density at radius 3 is 2.20 bits per heavy atom. The van der Waals surface area contributed by atoms with Gasteiger partial charge in [-0.2, -0.15) is 23.6 Å². The number of allylic oxidation sites excluding steroid dienone is 4. The molecule has 1 aliphatic carbocycles. The van der Waals surface area contributed by atoms with Gasteiger partial charge in [-0.15, -0.1) is 36.1 Å². The van der Waals surface area contributed by atoms with Crippen molar-refractivity contribution >= 4 is 20.3 Å². The summed E-state index contributed by atoms with van der Waals surface area (Å²) in [6, 6.07) is 14.7. The van der Waals surface area contributed by atoms with E-state index in [2.05, 4.69) is 67.7 Å². The molecule has 0 fully saturated rings. The quantitative estimate of drug-likeness (QED) is 0.399. The molecular formula is C16H18F2SiZr. The normalized spacial score (nSPS) is 9.90. The van der Waals surface area contributed by atoms with Crippen molar-refractivity contribution in [2.45, 2.75) is 19.5 Å². The van der Waals surface area contributed by atoms with E-state index in [9.17, 15) is 0 Å². The van der Waals surface area contributed by atoms with Gasteiger partial charge in [0.05, 0.1) is 0 Å². The summed E-state index contributed by atoms with van der Waals surface area (Å²) < 4.78 is 0. The number of rotatable bonds is 0. The smallest absolute Gasteiger partial charge is 1.00 e. The minimum Gasteiger partial charge on any atom is -1.00 e. The van der Waals surface area contributed by atoms with Crippen LogP contribution in [-0.2, 0) is 26.2 Å². The molecule has 0 aromatic heterocycles. The summed E-state index contributed by atoms with van der Waals surface area (Å²) in [5.74, 6) is 0. The molecule has 0 saturated heterocycles. The van der Waals surface area contributed by atoms with Crippen LogP contribution in [0.1, 0.15) is 6.42 Å². The first kappa shape index (κ1) is 24.3. The van der Waals surface area contributed by atoms with Gasteiger partial charge in [0.15, 0.2) is 0 Å². The van der Waals surface area contributed by atoms with Gasteiger partial charge in [-0.25, -0.2) is 12.2 Å². The van der Waals surface area contributed by atoms with E-state index in [4.69, 9.17) is 0 Å². The van der Waals surface area contributed by atoms with Crippen LogP contribution in [0.2, 0.25) is 13.1 Å². The molecular weight excluding hydrogens is 349 g/mol. The molecule has 0 atom stereocenters. The van der Waals surface area contributed by atoms with Gasteiger partial charge in [0.2, 0.25) is 0 Å². The minimum absolute atomic E-state index is 0. The number of hydrogen-bond acceptors (Lipinski definition) is 0. The number of halogens is 2. The molecule has 0 bridgehead atoms. The van der Waals surface area contributed by atoms with E-state index in [1.807, 2.05) is 12.2 Å². The maximum absolute atomic E-state index is 2.99. The zero-order valence-electron chi connectivity index (χ0n) is 11.7. The third kappa shape index (κ3) is 10.1. The fourth-order valence-corrected chi connectivity index (χ4v) is 1.41. The third-order valence-electron chi connectivity index (χ3n) is 2.13. The Kier molecular flexibility index (Phi) is 19.8. The molecule has 2 radical (unpaired) electrons. The van der Waals surface area contributed by atoms with Crippen molar-refractivity contribution < 1.29 is 35.6 Å². The molecule has 2 aromatic rings. The zero-order valence-corrected chi connectivity index (χ0v) is 15.2. The summed E-state index contributed by atoms with van der Waals surface area (Å²) >= 11 is 0. The first-order valence-electron chi connectivity index (χ1n) is 5.79. The van der Waals surface area contributed by atoms with Crippen molar-refractivity contribution in [2.24, 2.45) is 0 Å². The predicted molar refractivity (Wildman–Crippen MR) is 78.6 cm³/mol. The average molecular weight is 368 g/mol. The van der Waals surface area contributed by atoms with Crippen LogP contribution in [0.3, 0.4) is 0 Å². The SMILES string of the molecule is C[Si]C.[C-]1=CC=CC1.[F-].[F-].[Zr+4].c1ccc2[cH-]ccc2c1. The molecule has 3 rings (SSSR count). The Balaban J connectivity index is -0.000000231. The molecule has 20 heavy (non-hydrogen) atoms. The van der Waals surface area contributed by atoms with Crippen LogP contribution in [0.15, 0.2) is 60.7 Å². The minimum atomic E-state index is 0. The predicted octanol–water partition coefficient (Wildman–Crippen LogP) is -1.34. The molecule has 0 nitrogen and oxygen atoms in total. The van der Waals surface area contributed by atoms with Crippen molar-refractivity contribution in [2.75, 3.05) is 0 Å². The maximum Gasteiger partial charge on any atom is 4.00 e. The molecule has 2 aromatic carbocycles. The number of fused-ring (bicyclic) bond motifs is 1. The van der Waals surface area contributed by atoms with E-state index in [1.54, 1.807) is 0 Å². The van der Waals surface area contributed by atoms with E-state index in [0.717, 1.165) is 15.9 Å². The Morgan fingerprint density at radius 2 is 1.75 bits per heavy atom. The average Bonchev–Trinajstić information content (AvgIpc) is 3.05. The fourth-order valence-electron chi connectivity index (χ4n) is 1.41.